The molecule has 1 heterocycles. The molecular weight excluding hydrogens is 188 g/mol. The largest absolute Gasteiger partial charge is 0.457 e. The van der Waals surface area contributed by atoms with Crippen LogP contribution < -0.4 is 0 Å². The van der Waals surface area contributed by atoms with Crippen molar-refractivity contribution in [2.75, 3.05) is 20.3 Å². The van der Waals surface area contributed by atoms with E-state index in [1.165, 1.54) is 19.4 Å². The van der Waals surface area contributed by atoms with E-state index in [2.05, 4.69) is 4.74 Å². The van der Waals surface area contributed by atoms with Gasteiger partial charge >= 0.3 is 5.97 Å². The van der Waals surface area contributed by atoms with Crippen molar-refractivity contribution in [2.45, 2.75) is 6.10 Å². The van der Waals surface area contributed by atoms with Crippen LogP contribution in [0.25, 0.3) is 0 Å². The van der Waals surface area contributed by atoms with Crippen molar-refractivity contribution in [1.29, 1.82) is 0 Å². The molecule has 14 heavy (non-hydrogen) atoms. The van der Waals surface area contributed by atoms with Gasteiger partial charge in [-0.2, -0.15) is 0 Å². The zero-order chi connectivity index (χ0) is 10.4. The summed E-state index contributed by atoms with van der Waals surface area (Å²) in [5, 5.41) is 9.16. The molecule has 1 unspecified atom stereocenters. The van der Waals surface area contributed by atoms with Crippen LogP contribution in [0.4, 0.5) is 0 Å². The fraction of sp³-hybridized carbons (Fsp3) is 0.444. The predicted molar refractivity (Wildman–Crippen MR) is 46.9 cm³/mol. The molecule has 0 fully saturated rings. The van der Waals surface area contributed by atoms with Gasteiger partial charge in [-0.1, -0.05) is 0 Å². The third-order valence-corrected chi connectivity index (χ3v) is 1.49. The summed E-state index contributed by atoms with van der Waals surface area (Å²) >= 11 is 0. The van der Waals surface area contributed by atoms with Gasteiger partial charge in [0.1, 0.15) is 12.7 Å². The van der Waals surface area contributed by atoms with Gasteiger partial charge in [0.05, 0.1) is 12.9 Å². The van der Waals surface area contributed by atoms with Gasteiger partial charge in [0.25, 0.3) is 0 Å². The number of ether oxygens (including phenoxy) is 2. The number of aliphatic hydroxyl groups is 1. The number of hydrogen-bond donors (Lipinski definition) is 1. The summed E-state index contributed by atoms with van der Waals surface area (Å²) in [4.78, 5) is 11.1. The van der Waals surface area contributed by atoms with Crippen molar-refractivity contribution >= 4 is 5.97 Å². The summed E-state index contributed by atoms with van der Waals surface area (Å²) in [7, 11) is 1.46. The molecule has 0 amide bonds. The maximum Gasteiger partial charge on any atom is 0.374 e. The Morgan fingerprint density at radius 3 is 3.00 bits per heavy atom. The molecule has 0 saturated heterocycles. The second-order valence-corrected chi connectivity index (χ2v) is 2.68. The monoisotopic (exact) mass is 200 g/mol. The van der Waals surface area contributed by atoms with E-state index in [0.717, 1.165) is 0 Å². The number of hydrogen-bond acceptors (Lipinski definition) is 5. The number of furan rings is 1. The average Bonchev–Trinajstić information content (AvgIpc) is 2.67. The Balaban J connectivity index is 2.28. The maximum absolute atomic E-state index is 11.1. The summed E-state index contributed by atoms with van der Waals surface area (Å²) in [6, 6.07) is 3.08. The predicted octanol–water partition coefficient (Wildman–Crippen LogP) is 0.444. The van der Waals surface area contributed by atoms with Crippen LogP contribution in [0.2, 0.25) is 0 Å². The first-order chi connectivity index (χ1) is 6.74. The second kappa shape index (κ2) is 5.41. The Bertz CT molecular complexity index is 267. The Hall–Kier alpha value is -1.33. The van der Waals surface area contributed by atoms with Crippen LogP contribution in [-0.2, 0) is 9.47 Å². The van der Waals surface area contributed by atoms with E-state index in [-0.39, 0.29) is 19.0 Å². The van der Waals surface area contributed by atoms with Crippen LogP contribution in [0, 0.1) is 0 Å². The van der Waals surface area contributed by atoms with Crippen LogP contribution in [0.5, 0.6) is 0 Å². The molecule has 1 atom stereocenters. The Labute approximate surface area is 81.2 Å². The molecule has 1 aromatic rings. The van der Waals surface area contributed by atoms with Crippen molar-refractivity contribution in [3.05, 3.63) is 24.2 Å². The Kier molecular flexibility index (Phi) is 4.15. The highest BCUT2D eigenvalue weighted by Gasteiger charge is 2.12. The molecule has 0 aromatic carbocycles. The first-order valence-corrected chi connectivity index (χ1v) is 4.11. The molecule has 1 N–H and O–H groups in total. The minimum Gasteiger partial charge on any atom is -0.457 e. The topological polar surface area (TPSA) is 68.9 Å². The quantitative estimate of drug-likeness (QED) is 0.698. The van der Waals surface area contributed by atoms with Gasteiger partial charge in [0.2, 0.25) is 5.76 Å². The average molecular weight is 200 g/mol. The standard InChI is InChI=1S/C9H12O5/c1-12-5-7(10)6-14-9(11)8-3-2-4-13-8/h2-4,7,10H,5-6H2,1H3. The van der Waals surface area contributed by atoms with Crippen molar-refractivity contribution < 1.29 is 23.8 Å². The molecule has 1 rings (SSSR count). The van der Waals surface area contributed by atoms with Gasteiger partial charge in [0, 0.05) is 7.11 Å². The molecule has 78 valence electrons. The lowest BCUT2D eigenvalue weighted by Crippen LogP contribution is -2.22. The first kappa shape index (κ1) is 10.7. The molecule has 0 saturated carbocycles. The molecule has 0 aliphatic rings. The van der Waals surface area contributed by atoms with Gasteiger partial charge in [-0.3, -0.25) is 0 Å². The highest BCUT2D eigenvalue weighted by Crippen LogP contribution is 2.02. The zero-order valence-electron chi connectivity index (χ0n) is 7.80. The van der Waals surface area contributed by atoms with E-state index in [4.69, 9.17) is 14.3 Å². The van der Waals surface area contributed by atoms with Crippen molar-refractivity contribution in [3.63, 3.8) is 0 Å². The van der Waals surface area contributed by atoms with Crippen LogP contribution in [-0.4, -0.2) is 37.5 Å². The van der Waals surface area contributed by atoms with Crippen LogP contribution in [0.15, 0.2) is 22.8 Å². The van der Waals surface area contributed by atoms with Crippen molar-refractivity contribution in [2.24, 2.45) is 0 Å². The number of rotatable bonds is 5. The molecular formula is C9H12O5. The Morgan fingerprint density at radius 2 is 2.43 bits per heavy atom. The number of carbonyl (C=O) groups excluding carboxylic acids is 1. The highest BCUT2D eigenvalue weighted by molar-refractivity contribution is 5.86. The molecule has 0 radical (unpaired) electrons. The SMILES string of the molecule is COCC(O)COC(=O)c1ccco1. The van der Waals surface area contributed by atoms with Gasteiger partial charge in [0.15, 0.2) is 0 Å². The first-order valence-electron chi connectivity index (χ1n) is 4.11. The lowest BCUT2D eigenvalue weighted by molar-refractivity contribution is -0.00169. The van der Waals surface area contributed by atoms with E-state index in [0.29, 0.717) is 0 Å². The number of carbonyl (C=O) groups is 1. The third kappa shape index (κ3) is 3.20. The van der Waals surface area contributed by atoms with Crippen LogP contribution in [0.1, 0.15) is 10.6 Å². The molecule has 5 heteroatoms. The molecule has 0 bridgehead atoms. The fourth-order valence-corrected chi connectivity index (χ4v) is 0.878. The van der Waals surface area contributed by atoms with Gasteiger partial charge in [-0.25, -0.2) is 4.79 Å². The molecule has 1 aromatic heterocycles. The maximum atomic E-state index is 11.1. The second-order valence-electron chi connectivity index (χ2n) is 2.68. The van der Waals surface area contributed by atoms with Crippen molar-refractivity contribution in [3.8, 4) is 0 Å². The Morgan fingerprint density at radius 1 is 1.64 bits per heavy atom. The van der Waals surface area contributed by atoms with E-state index in [1.54, 1.807) is 6.07 Å². The molecule has 0 spiro atoms. The lowest BCUT2D eigenvalue weighted by Gasteiger charge is -2.08. The third-order valence-electron chi connectivity index (χ3n) is 1.49. The summed E-state index contributed by atoms with van der Waals surface area (Å²) in [5.41, 5.74) is 0. The number of methoxy groups -OCH3 is 1. The molecule has 0 aliphatic heterocycles. The van der Waals surface area contributed by atoms with E-state index in [1.807, 2.05) is 0 Å². The summed E-state index contributed by atoms with van der Waals surface area (Å²) in [6.07, 6.45) is 0.571. The fourth-order valence-electron chi connectivity index (χ4n) is 0.878. The van der Waals surface area contributed by atoms with Gasteiger partial charge in [-0.15, -0.1) is 0 Å². The van der Waals surface area contributed by atoms with Gasteiger partial charge in [-0.05, 0) is 12.1 Å². The van der Waals surface area contributed by atoms with E-state index >= 15 is 0 Å². The minimum atomic E-state index is -0.807. The summed E-state index contributed by atoms with van der Waals surface area (Å²) < 4.78 is 14.2. The van der Waals surface area contributed by atoms with Crippen molar-refractivity contribution in [1.82, 2.24) is 0 Å². The number of aliphatic hydroxyl groups excluding tert-OH is 1. The lowest BCUT2D eigenvalue weighted by atomic mass is 10.4. The summed E-state index contributed by atoms with van der Waals surface area (Å²) in [5.74, 6) is -0.472. The van der Waals surface area contributed by atoms with Crippen LogP contribution >= 0.6 is 0 Å². The van der Waals surface area contributed by atoms with E-state index < -0.39 is 12.1 Å². The van der Waals surface area contributed by atoms with E-state index in [9.17, 15) is 4.79 Å². The molecule has 0 aliphatic carbocycles. The van der Waals surface area contributed by atoms with Crippen LogP contribution in [0.3, 0.4) is 0 Å². The smallest absolute Gasteiger partial charge is 0.374 e. The minimum absolute atomic E-state index is 0.104. The molecule has 5 nitrogen and oxygen atoms in total. The summed E-state index contributed by atoms with van der Waals surface area (Å²) in [6.45, 7) is 0.0266. The highest BCUT2D eigenvalue weighted by atomic mass is 16.6. The number of esters is 1. The normalized spacial score (nSPS) is 12.4. The zero-order valence-corrected chi connectivity index (χ0v) is 7.80. The van der Waals surface area contributed by atoms with Gasteiger partial charge < -0.3 is 19.0 Å².